The van der Waals surface area contributed by atoms with Crippen molar-refractivity contribution in [2.75, 3.05) is 75.2 Å². The maximum absolute atomic E-state index is 8.63. The summed E-state index contributed by atoms with van der Waals surface area (Å²) in [4.78, 5) is 15.1. The molecule has 0 amide bonds. The van der Waals surface area contributed by atoms with E-state index in [0.717, 1.165) is 13.1 Å². The second-order valence-electron chi connectivity index (χ2n) is 4.39. The van der Waals surface area contributed by atoms with Crippen LogP contribution in [0.15, 0.2) is 0 Å². The molecule has 1 saturated heterocycles. The number of aliphatic hydroxyl groups excluding tert-OH is 1. The van der Waals surface area contributed by atoms with Gasteiger partial charge in [-0.2, -0.15) is 15.0 Å². The van der Waals surface area contributed by atoms with Crippen molar-refractivity contribution in [1.29, 1.82) is 0 Å². The van der Waals surface area contributed by atoms with Gasteiger partial charge in [0.2, 0.25) is 17.8 Å². The van der Waals surface area contributed by atoms with Crippen LogP contribution < -0.4 is 15.5 Å². The van der Waals surface area contributed by atoms with Gasteiger partial charge in [0.25, 0.3) is 0 Å². The standard InChI is InChI=1S/C12H22N6O3/c1-13-10-15-11(14-2-6-20-9-5-19)17-12(16-10)18-3-7-21-8-4-18/h19H,2-9H2,1H3,(H2,13,14,15,16,17). The van der Waals surface area contributed by atoms with Gasteiger partial charge in [-0.05, 0) is 0 Å². The second kappa shape index (κ2) is 8.55. The molecule has 3 N–H and O–H groups in total. The van der Waals surface area contributed by atoms with E-state index in [9.17, 15) is 0 Å². The van der Waals surface area contributed by atoms with Gasteiger partial charge in [-0.15, -0.1) is 0 Å². The first-order chi connectivity index (χ1) is 10.3. The summed E-state index contributed by atoms with van der Waals surface area (Å²) < 4.78 is 10.5. The topological polar surface area (TPSA) is 105 Å². The highest BCUT2D eigenvalue weighted by Crippen LogP contribution is 2.14. The average molecular weight is 298 g/mol. The van der Waals surface area contributed by atoms with Crippen LogP contribution in [0, 0.1) is 0 Å². The van der Waals surface area contributed by atoms with Gasteiger partial charge < -0.3 is 30.1 Å². The molecule has 1 fully saturated rings. The SMILES string of the molecule is CNc1nc(NCCOCCO)nc(N2CCOCC2)n1. The maximum atomic E-state index is 8.63. The van der Waals surface area contributed by atoms with Gasteiger partial charge in [0.15, 0.2) is 0 Å². The van der Waals surface area contributed by atoms with Gasteiger partial charge in [0, 0.05) is 26.7 Å². The van der Waals surface area contributed by atoms with Crippen LogP contribution >= 0.6 is 0 Å². The number of ether oxygens (including phenoxy) is 2. The molecule has 0 aliphatic carbocycles. The number of morpholine rings is 1. The molecule has 9 heteroatoms. The molecule has 0 bridgehead atoms. The fourth-order valence-electron chi connectivity index (χ4n) is 1.86. The predicted molar refractivity (Wildman–Crippen MR) is 78.8 cm³/mol. The molecule has 2 rings (SSSR count). The van der Waals surface area contributed by atoms with Crippen molar-refractivity contribution in [2.24, 2.45) is 0 Å². The van der Waals surface area contributed by atoms with Crippen molar-refractivity contribution in [3.05, 3.63) is 0 Å². The second-order valence-corrected chi connectivity index (χ2v) is 4.39. The van der Waals surface area contributed by atoms with Crippen molar-refractivity contribution in [3.63, 3.8) is 0 Å². The Morgan fingerprint density at radius 1 is 1.19 bits per heavy atom. The average Bonchev–Trinajstić information content (AvgIpc) is 2.55. The zero-order chi connectivity index (χ0) is 14.9. The van der Waals surface area contributed by atoms with Crippen LogP contribution in [-0.2, 0) is 9.47 Å². The van der Waals surface area contributed by atoms with Gasteiger partial charge in [-0.1, -0.05) is 0 Å². The fraction of sp³-hybridized carbons (Fsp3) is 0.750. The van der Waals surface area contributed by atoms with Crippen molar-refractivity contribution in [2.45, 2.75) is 0 Å². The van der Waals surface area contributed by atoms with Crippen molar-refractivity contribution < 1.29 is 14.6 Å². The van der Waals surface area contributed by atoms with Crippen molar-refractivity contribution >= 4 is 17.8 Å². The number of anilines is 3. The minimum Gasteiger partial charge on any atom is -0.394 e. The summed E-state index contributed by atoms with van der Waals surface area (Å²) in [6.45, 7) is 4.30. The molecular formula is C12H22N6O3. The number of rotatable bonds is 8. The summed E-state index contributed by atoms with van der Waals surface area (Å²) in [6, 6.07) is 0. The monoisotopic (exact) mass is 298 g/mol. The van der Waals surface area contributed by atoms with Gasteiger partial charge in [0.05, 0.1) is 33.0 Å². The van der Waals surface area contributed by atoms with E-state index in [1.807, 2.05) is 0 Å². The van der Waals surface area contributed by atoms with Gasteiger partial charge in [-0.25, -0.2) is 0 Å². The highest BCUT2D eigenvalue weighted by molar-refractivity contribution is 5.43. The summed E-state index contributed by atoms with van der Waals surface area (Å²) in [7, 11) is 1.77. The Morgan fingerprint density at radius 3 is 2.67 bits per heavy atom. The van der Waals surface area contributed by atoms with Crippen molar-refractivity contribution in [3.8, 4) is 0 Å². The first-order valence-electron chi connectivity index (χ1n) is 7.02. The summed E-state index contributed by atoms with van der Waals surface area (Å²) >= 11 is 0. The molecule has 1 aliphatic heterocycles. The van der Waals surface area contributed by atoms with Crippen LogP contribution in [0.25, 0.3) is 0 Å². The molecule has 0 unspecified atom stereocenters. The molecule has 118 valence electrons. The predicted octanol–water partition coefficient (Wildman–Crippen LogP) is -0.829. The third-order valence-corrected chi connectivity index (χ3v) is 2.91. The normalized spacial score (nSPS) is 15.0. The van der Waals surface area contributed by atoms with Gasteiger partial charge in [0.1, 0.15) is 0 Å². The Kier molecular flexibility index (Phi) is 6.38. The molecule has 1 aromatic heterocycles. The van der Waals surface area contributed by atoms with E-state index in [-0.39, 0.29) is 6.61 Å². The molecule has 2 heterocycles. The third kappa shape index (κ3) is 4.96. The summed E-state index contributed by atoms with van der Waals surface area (Å²) in [6.07, 6.45) is 0. The van der Waals surface area contributed by atoms with E-state index >= 15 is 0 Å². The third-order valence-electron chi connectivity index (χ3n) is 2.91. The Labute approximate surface area is 123 Å². The Hall–Kier alpha value is -1.71. The lowest BCUT2D eigenvalue weighted by Crippen LogP contribution is -2.37. The lowest BCUT2D eigenvalue weighted by molar-refractivity contribution is 0.0991. The van der Waals surface area contributed by atoms with Crippen molar-refractivity contribution in [1.82, 2.24) is 15.0 Å². The number of aromatic nitrogens is 3. The first-order valence-corrected chi connectivity index (χ1v) is 7.02. The molecule has 0 radical (unpaired) electrons. The lowest BCUT2D eigenvalue weighted by Gasteiger charge is -2.27. The molecular weight excluding hydrogens is 276 g/mol. The van der Waals surface area contributed by atoms with E-state index < -0.39 is 0 Å². The highest BCUT2D eigenvalue weighted by Gasteiger charge is 2.16. The maximum Gasteiger partial charge on any atom is 0.232 e. The van der Waals surface area contributed by atoms with E-state index in [0.29, 0.717) is 50.8 Å². The van der Waals surface area contributed by atoms with Crippen LogP contribution in [0.1, 0.15) is 0 Å². The molecule has 0 aromatic carbocycles. The molecule has 1 aromatic rings. The summed E-state index contributed by atoms with van der Waals surface area (Å²) in [5, 5.41) is 14.7. The number of hydrogen-bond acceptors (Lipinski definition) is 9. The first kappa shape index (κ1) is 15.7. The van der Waals surface area contributed by atoms with Crippen LogP contribution in [-0.4, -0.2) is 79.8 Å². The zero-order valence-corrected chi connectivity index (χ0v) is 12.2. The largest absolute Gasteiger partial charge is 0.394 e. The molecule has 1 aliphatic rings. The smallest absolute Gasteiger partial charge is 0.232 e. The molecule has 21 heavy (non-hydrogen) atoms. The van der Waals surface area contributed by atoms with Crippen LogP contribution in [0.4, 0.5) is 17.8 Å². The van der Waals surface area contributed by atoms with E-state index in [1.165, 1.54) is 0 Å². The lowest BCUT2D eigenvalue weighted by atomic mass is 10.4. The molecule has 9 nitrogen and oxygen atoms in total. The Balaban J connectivity index is 1.96. The number of hydrogen-bond donors (Lipinski definition) is 3. The quantitative estimate of drug-likeness (QED) is 0.530. The Morgan fingerprint density at radius 2 is 1.95 bits per heavy atom. The van der Waals surface area contributed by atoms with Gasteiger partial charge in [-0.3, -0.25) is 0 Å². The van der Waals surface area contributed by atoms with Gasteiger partial charge >= 0.3 is 0 Å². The zero-order valence-electron chi connectivity index (χ0n) is 12.2. The van der Waals surface area contributed by atoms with Crippen LogP contribution in [0.5, 0.6) is 0 Å². The van der Waals surface area contributed by atoms with E-state index in [2.05, 4.69) is 30.5 Å². The molecule has 0 saturated carbocycles. The Bertz CT molecular complexity index is 427. The molecule has 0 atom stereocenters. The van der Waals surface area contributed by atoms with Crippen LogP contribution in [0.3, 0.4) is 0 Å². The van der Waals surface area contributed by atoms with E-state index in [4.69, 9.17) is 14.6 Å². The highest BCUT2D eigenvalue weighted by atomic mass is 16.5. The van der Waals surface area contributed by atoms with Crippen LogP contribution in [0.2, 0.25) is 0 Å². The fourth-order valence-corrected chi connectivity index (χ4v) is 1.86. The molecule has 0 spiro atoms. The summed E-state index contributed by atoms with van der Waals surface area (Å²) in [5.41, 5.74) is 0. The number of aliphatic hydroxyl groups is 1. The minimum atomic E-state index is 0.0246. The number of nitrogens with one attached hydrogen (secondary N) is 2. The van der Waals surface area contributed by atoms with E-state index in [1.54, 1.807) is 7.05 Å². The minimum absolute atomic E-state index is 0.0246. The number of nitrogens with zero attached hydrogens (tertiary/aromatic N) is 4. The summed E-state index contributed by atoms with van der Waals surface area (Å²) in [5.74, 6) is 1.66.